The number of aryl methyl sites for hydroxylation is 2. The number of benzene rings is 2. The molecule has 164 valence electrons. The van der Waals surface area contributed by atoms with E-state index in [-0.39, 0.29) is 5.91 Å². The van der Waals surface area contributed by atoms with Gasteiger partial charge in [-0.2, -0.15) is 0 Å². The molecule has 4 rings (SSSR count). The van der Waals surface area contributed by atoms with Crippen molar-refractivity contribution in [2.45, 2.75) is 25.7 Å². The number of carbonyl (C=O) groups is 1. The topological polar surface area (TPSA) is 49.0 Å². The van der Waals surface area contributed by atoms with Crippen LogP contribution in [0.5, 0.6) is 0 Å². The molecule has 0 bridgehead atoms. The van der Waals surface area contributed by atoms with Gasteiger partial charge in [-0.05, 0) is 78.1 Å². The lowest BCUT2D eigenvalue weighted by molar-refractivity contribution is -0.113. The van der Waals surface area contributed by atoms with Crippen LogP contribution in [0.15, 0.2) is 79.1 Å². The number of nitrogens with zero attached hydrogens (tertiary/aromatic N) is 2. The van der Waals surface area contributed by atoms with Gasteiger partial charge in [0.2, 0.25) is 0 Å². The maximum atomic E-state index is 12.5. The van der Waals surface area contributed by atoms with Crippen LogP contribution in [0.4, 0.5) is 5.69 Å². The zero-order valence-corrected chi connectivity index (χ0v) is 19.4. The van der Waals surface area contributed by atoms with Crippen molar-refractivity contribution in [2.75, 3.05) is 11.9 Å². The van der Waals surface area contributed by atoms with E-state index >= 15 is 0 Å². The molecule has 0 unspecified atom stereocenters. The number of anilines is 1. The first-order chi connectivity index (χ1) is 16.1. The highest BCUT2D eigenvalue weighted by atomic mass is 32.1. The normalized spacial score (nSPS) is 10.5. The minimum absolute atomic E-state index is 0.236. The molecule has 0 saturated carbocycles. The molecular weight excluding hydrogens is 426 g/mol. The van der Waals surface area contributed by atoms with Crippen molar-refractivity contribution in [1.29, 1.82) is 0 Å². The van der Waals surface area contributed by atoms with Crippen LogP contribution in [-0.4, -0.2) is 27.8 Å². The Morgan fingerprint density at radius 2 is 1.85 bits per heavy atom. The van der Waals surface area contributed by atoms with Gasteiger partial charge in [-0.15, -0.1) is 0 Å². The summed E-state index contributed by atoms with van der Waals surface area (Å²) in [7, 11) is 1.75. The van der Waals surface area contributed by atoms with E-state index in [9.17, 15) is 4.79 Å². The third kappa shape index (κ3) is 5.94. The van der Waals surface area contributed by atoms with Crippen LogP contribution in [0.25, 0.3) is 11.0 Å². The third-order valence-electron chi connectivity index (χ3n) is 5.61. The molecule has 2 aromatic heterocycles. The van der Waals surface area contributed by atoms with Crippen LogP contribution in [0, 0.1) is 11.8 Å². The first-order valence-electron chi connectivity index (χ1n) is 11.0. The highest BCUT2D eigenvalue weighted by molar-refractivity contribution is 7.80. The van der Waals surface area contributed by atoms with Gasteiger partial charge in [0.25, 0.3) is 0 Å². The van der Waals surface area contributed by atoms with E-state index in [2.05, 4.69) is 40.0 Å². The van der Waals surface area contributed by atoms with Gasteiger partial charge in [-0.3, -0.25) is 4.79 Å². The molecule has 0 spiro atoms. The minimum Gasteiger partial charge on any atom is -0.346 e. The summed E-state index contributed by atoms with van der Waals surface area (Å²) >= 11 is 5.66. The Hall–Kier alpha value is -3.75. The molecule has 4 nitrogen and oxygen atoms in total. The number of aromatic nitrogens is 2. The standard InChI is InChI=1S/C28H25N3OS/c1-31(27(32)15-11-21-6-3-2-4-7-21)24-9-5-8-22(20-24)10-13-25(33)14-12-23-16-18-29-28-26(23)17-19-30-28/h2-9,16-20H,10,12-14H2,1H3,(H,29,30). The average molecular weight is 452 g/mol. The number of rotatable bonds is 7. The molecule has 0 radical (unpaired) electrons. The lowest BCUT2D eigenvalue weighted by Crippen LogP contribution is -2.24. The zero-order valence-electron chi connectivity index (χ0n) is 18.5. The zero-order chi connectivity index (χ0) is 23.0. The monoisotopic (exact) mass is 451 g/mol. The average Bonchev–Trinajstić information content (AvgIpc) is 3.35. The molecule has 0 aliphatic carbocycles. The Balaban J connectivity index is 1.32. The number of nitrogens with one attached hydrogen (secondary N) is 1. The summed E-state index contributed by atoms with van der Waals surface area (Å²) in [6.07, 6.45) is 7.22. The Morgan fingerprint density at radius 1 is 1.03 bits per heavy atom. The van der Waals surface area contributed by atoms with E-state index < -0.39 is 0 Å². The van der Waals surface area contributed by atoms with Crippen LogP contribution in [0.2, 0.25) is 0 Å². The number of fused-ring (bicyclic) bond motifs is 1. The van der Waals surface area contributed by atoms with E-state index in [1.807, 2.05) is 60.9 Å². The van der Waals surface area contributed by atoms with Gasteiger partial charge in [0.15, 0.2) is 0 Å². The molecule has 0 saturated heterocycles. The quantitative estimate of drug-likeness (QED) is 0.298. The third-order valence-corrected chi connectivity index (χ3v) is 6.01. The predicted molar refractivity (Wildman–Crippen MR) is 139 cm³/mol. The lowest BCUT2D eigenvalue weighted by Gasteiger charge is -2.15. The molecular formula is C28H25N3OS. The van der Waals surface area contributed by atoms with E-state index in [1.54, 1.807) is 11.9 Å². The molecule has 33 heavy (non-hydrogen) atoms. The van der Waals surface area contributed by atoms with Crippen molar-refractivity contribution in [3.63, 3.8) is 0 Å². The van der Waals surface area contributed by atoms with Gasteiger partial charge < -0.3 is 9.88 Å². The van der Waals surface area contributed by atoms with E-state index in [0.29, 0.717) is 0 Å². The molecule has 5 heteroatoms. The summed E-state index contributed by atoms with van der Waals surface area (Å²) in [6.45, 7) is 0. The van der Waals surface area contributed by atoms with Gasteiger partial charge in [0.1, 0.15) is 5.65 Å². The summed E-state index contributed by atoms with van der Waals surface area (Å²) in [5, 5.41) is 1.16. The van der Waals surface area contributed by atoms with Gasteiger partial charge in [-0.1, -0.05) is 48.5 Å². The van der Waals surface area contributed by atoms with Crippen molar-refractivity contribution < 1.29 is 4.79 Å². The first kappa shape index (κ1) is 22.4. The number of aromatic amines is 1. The molecule has 0 aliphatic rings. The van der Waals surface area contributed by atoms with Crippen molar-refractivity contribution >= 4 is 39.7 Å². The summed E-state index contributed by atoms with van der Waals surface area (Å²) in [4.78, 5) is 22.6. The van der Waals surface area contributed by atoms with Crippen LogP contribution >= 0.6 is 12.2 Å². The van der Waals surface area contributed by atoms with Crippen molar-refractivity contribution in [3.05, 3.63) is 95.8 Å². The van der Waals surface area contributed by atoms with Crippen LogP contribution in [-0.2, 0) is 17.6 Å². The van der Waals surface area contributed by atoms with Gasteiger partial charge in [-0.25, -0.2) is 4.98 Å². The smallest absolute Gasteiger partial charge is 0.302 e. The molecule has 0 fully saturated rings. The number of amides is 1. The molecule has 2 aromatic carbocycles. The van der Waals surface area contributed by atoms with Gasteiger partial charge >= 0.3 is 5.91 Å². The Bertz CT molecular complexity index is 1330. The molecule has 0 aliphatic heterocycles. The van der Waals surface area contributed by atoms with Crippen LogP contribution in [0.3, 0.4) is 0 Å². The number of hydrogen-bond acceptors (Lipinski definition) is 3. The molecule has 0 atom stereocenters. The SMILES string of the molecule is CN(C(=O)C#Cc1ccccc1)c1cccc(CCC(=S)CCc2ccnc3[nH]ccc23)c1. The fourth-order valence-electron chi connectivity index (χ4n) is 3.69. The summed E-state index contributed by atoms with van der Waals surface area (Å²) in [5.74, 6) is 5.41. The minimum atomic E-state index is -0.236. The first-order valence-corrected chi connectivity index (χ1v) is 11.4. The second-order valence-corrected chi connectivity index (χ2v) is 8.48. The number of carbonyl (C=O) groups excluding carboxylic acids is 1. The fraction of sp³-hybridized carbons (Fsp3) is 0.179. The van der Waals surface area contributed by atoms with E-state index in [1.165, 1.54) is 5.56 Å². The molecule has 1 N–H and O–H groups in total. The predicted octanol–water partition coefficient (Wildman–Crippen LogP) is 5.51. The maximum absolute atomic E-state index is 12.5. The Kier molecular flexibility index (Phi) is 7.29. The highest BCUT2D eigenvalue weighted by Crippen LogP contribution is 2.19. The van der Waals surface area contributed by atoms with Crippen molar-refractivity contribution in [2.24, 2.45) is 0 Å². The van der Waals surface area contributed by atoms with Crippen LogP contribution < -0.4 is 4.90 Å². The molecule has 1 amide bonds. The van der Waals surface area contributed by atoms with E-state index in [0.717, 1.165) is 58.4 Å². The van der Waals surface area contributed by atoms with Gasteiger partial charge in [0.05, 0.1) is 0 Å². The summed E-state index contributed by atoms with van der Waals surface area (Å²) in [6, 6.07) is 21.7. The lowest BCUT2D eigenvalue weighted by atomic mass is 10.0. The fourth-order valence-corrected chi connectivity index (χ4v) is 3.89. The number of hydrogen-bond donors (Lipinski definition) is 1. The number of thiocarbonyl (C=S) groups is 1. The molecule has 2 heterocycles. The Labute approximate surface area is 199 Å². The number of pyridine rings is 1. The maximum Gasteiger partial charge on any atom is 0.302 e. The second kappa shape index (κ2) is 10.7. The van der Waals surface area contributed by atoms with Gasteiger partial charge in [0, 0.05) is 42.0 Å². The van der Waals surface area contributed by atoms with Crippen molar-refractivity contribution in [1.82, 2.24) is 9.97 Å². The second-order valence-electron chi connectivity index (χ2n) is 7.90. The summed E-state index contributed by atoms with van der Waals surface area (Å²) < 4.78 is 0. The molecule has 4 aromatic rings. The highest BCUT2D eigenvalue weighted by Gasteiger charge is 2.10. The van der Waals surface area contributed by atoms with E-state index in [4.69, 9.17) is 12.2 Å². The van der Waals surface area contributed by atoms with Crippen molar-refractivity contribution in [3.8, 4) is 11.8 Å². The van der Waals surface area contributed by atoms with Crippen LogP contribution in [0.1, 0.15) is 29.5 Å². The largest absolute Gasteiger partial charge is 0.346 e. The summed E-state index contributed by atoms with van der Waals surface area (Å²) in [5.41, 5.74) is 5.00. The Morgan fingerprint density at radius 3 is 2.70 bits per heavy atom. The number of H-pyrrole nitrogens is 1.